The average Bonchev–Trinajstić information content (AvgIpc) is 1.99. The fraction of sp³-hybridized carbons (Fsp3) is 0.200. The molecular formula is C10H20. The van der Waals surface area contributed by atoms with Gasteiger partial charge in [-0.15, -0.1) is 39.5 Å². The Kier molecular flexibility index (Phi) is 966. The van der Waals surface area contributed by atoms with E-state index in [1.165, 1.54) is 0 Å². The Hall–Kier alpha value is -1.04. The predicted octanol–water partition coefficient (Wildman–Crippen LogP) is 3.99. The maximum atomic E-state index is 3.36. The van der Waals surface area contributed by atoms with Crippen LogP contribution in [0.25, 0.3) is 0 Å². The molecule has 0 aromatic carbocycles. The second-order valence-electron chi connectivity index (χ2n) is 0.816. The fourth-order valence-electron chi connectivity index (χ4n) is 0. The molecular weight excluding hydrogens is 120 g/mol. The van der Waals surface area contributed by atoms with E-state index >= 15 is 0 Å². The largest absolute Gasteiger partial charge is 0.106 e. The first-order valence-corrected chi connectivity index (χ1v) is 2.97. The van der Waals surface area contributed by atoms with Gasteiger partial charge in [0.15, 0.2) is 0 Å². The zero-order chi connectivity index (χ0) is 9.41. The molecule has 10 heavy (non-hydrogen) atoms. The van der Waals surface area contributed by atoms with Crippen molar-refractivity contribution in [3.63, 3.8) is 0 Å². The Labute approximate surface area is 66.3 Å². The Morgan fingerprint density at radius 2 is 0.700 bits per heavy atom. The van der Waals surface area contributed by atoms with E-state index in [4.69, 9.17) is 0 Å². The molecule has 0 aromatic heterocycles. The molecule has 0 heterocycles. The molecule has 0 rings (SSSR count). The van der Waals surface area contributed by atoms with Crippen molar-refractivity contribution in [2.24, 2.45) is 0 Å². The Morgan fingerprint density at radius 1 is 0.700 bits per heavy atom. The number of allylic oxidation sites excluding steroid dienone is 2. The van der Waals surface area contributed by atoms with E-state index in [0.29, 0.717) is 0 Å². The summed E-state index contributed by atoms with van der Waals surface area (Å²) in [6.45, 7) is 22.5. The van der Waals surface area contributed by atoms with Gasteiger partial charge in [-0.1, -0.05) is 12.2 Å². The summed E-state index contributed by atoms with van der Waals surface area (Å²) in [6, 6.07) is 0. The van der Waals surface area contributed by atoms with Crippen LogP contribution in [0, 0.1) is 0 Å². The molecule has 0 aliphatic heterocycles. The zero-order valence-electron chi connectivity index (χ0n) is 7.40. The van der Waals surface area contributed by atoms with Gasteiger partial charge in [-0.2, -0.15) is 0 Å². The lowest BCUT2D eigenvalue weighted by molar-refractivity contribution is 1.80. The predicted molar refractivity (Wildman–Crippen MR) is 54.3 cm³/mol. The van der Waals surface area contributed by atoms with E-state index in [0.717, 1.165) is 0 Å². The molecule has 0 radical (unpaired) electrons. The Balaban J connectivity index is -0.0000000246. The lowest BCUT2D eigenvalue weighted by Gasteiger charge is -1.31. The normalized spacial score (nSPS) is 3.40. The lowest BCUT2D eigenvalue weighted by atomic mass is 10.8. The van der Waals surface area contributed by atoms with Crippen molar-refractivity contribution in [3.8, 4) is 0 Å². The van der Waals surface area contributed by atoms with Gasteiger partial charge in [-0.05, 0) is 13.8 Å². The number of rotatable bonds is 0. The van der Waals surface area contributed by atoms with Gasteiger partial charge in [-0.3, -0.25) is 0 Å². The second-order valence-corrected chi connectivity index (χ2v) is 0.816. The monoisotopic (exact) mass is 140 g/mol. The van der Waals surface area contributed by atoms with Gasteiger partial charge in [0.2, 0.25) is 0 Å². The van der Waals surface area contributed by atoms with E-state index in [2.05, 4.69) is 39.5 Å². The van der Waals surface area contributed by atoms with Crippen LogP contribution in [0.3, 0.4) is 0 Å². The molecule has 0 fully saturated rings. The van der Waals surface area contributed by atoms with E-state index < -0.39 is 0 Å². The topological polar surface area (TPSA) is 0 Å². The molecule has 0 amide bonds. The molecule has 0 nitrogen and oxygen atoms in total. The standard InChI is InChI=1S/2C3H6.2C2H4/c2*1-3-2;2*1-2/h2*3H,1H2,2H3;2*1-2H2. The third-order valence-electron chi connectivity index (χ3n) is 0. The van der Waals surface area contributed by atoms with Crippen LogP contribution in [0.1, 0.15) is 13.8 Å². The smallest absolute Gasteiger partial charge is 0.0473 e. The first-order valence-electron chi connectivity index (χ1n) is 2.97. The highest BCUT2D eigenvalue weighted by molar-refractivity contribution is 4.51. The number of hydrogen-bond acceptors (Lipinski definition) is 0. The summed E-state index contributed by atoms with van der Waals surface area (Å²) in [5.41, 5.74) is 0. The second kappa shape index (κ2) is 418. The van der Waals surface area contributed by atoms with Crippen molar-refractivity contribution in [2.45, 2.75) is 13.8 Å². The zero-order valence-corrected chi connectivity index (χ0v) is 7.40. The highest BCUT2D eigenvalue weighted by atomic mass is 13.2. The third kappa shape index (κ3) is 229. The first-order chi connectivity index (χ1) is 4.83. The summed E-state index contributed by atoms with van der Waals surface area (Å²) in [5.74, 6) is 0. The van der Waals surface area contributed by atoms with E-state index in [1.54, 1.807) is 12.2 Å². The SMILES string of the molecule is C=C.C=C.C=CC.C=CC. The molecule has 0 saturated carbocycles. The molecule has 0 aliphatic carbocycles. The van der Waals surface area contributed by atoms with Gasteiger partial charge in [0, 0.05) is 0 Å². The summed E-state index contributed by atoms with van der Waals surface area (Å²) < 4.78 is 0. The van der Waals surface area contributed by atoms with Crippen LogP contribution in [0.4, 0.5) is 0 Å². The fourth-order valence-corrected chi connectivity index (χ4v) is 0. The molecule has 0 saturated heterocycles. The van der Waals surface area contributed by atoms with Crippen molar-refractivity contribution >= 4 is 0 Å². The van der Waals surface area contributed by atoms with Crippen LogP contribution in [0.2, 0.25) is 0 Å². The number of hydrogen-bond donors (Lipinski definition) is 0. The van der Waals surface area contributed by atoms with Crippen molar-refractivity contribution < 1.29 is 0 Å². The van der Waals surface area contributed by atoms with Gasteiger partial charge >= 0.3 is 0 Å². The van der Waals surface area contributed by atoms with E-state index in [1.807, 2.05) is 13.8 Å². The van der Waals surface area contributed by atoms with Crippen LogP contribution in [0.15, 0.2) is 51.6 Å². The molecule has 0 spiro atoms. The molecule has 0 bridgehead atoms. The Bertz CT molecular complexity index is 36.0. The highest BCUT2D eigenvalue weighted by Crippen LogP contribution is 1.38. The Morgan fingerprint density at radius 3 is 0.700 bits per heavy atom. The van der Waals surface area contributed by atoms with Gasteiger partial charge in [-0.25, -0.2) is 0 Å². The first kappa shape index (κ1) is 23.1. The molecule has 0 heteroatoms. The quantitative estimate of drug-likeness (QED) is 0.446. The van der Waals surface area contributed by atoms with E-state index in [9.17, 15) is 0 Å². The summed E-state index contributed by atoms with van der Waals surface area (Å²) in [6.07, 6.45) is 3.50. The summed E-state index contributed by atoms with van der Waals surface area (Å²) in [5, 5.41) is 0. The minimum absolute atomic E-state index is 1.75. The molecule has 0 atom stereocenters. The average molecular weight is 140 g/mol. The lowest BCUT2D eigenvalue weighted by Crippen LogP contribution is -1.07. The van der Waals surface area contributed by atoms with Crippen molar-refractivity contribution in [3.05, 3.63) is 51.6 Å². The molecule has 60 valence electrons. The van der Waals surface area contributed by atoms with Gasteiger partial charge in [0.05, 0.1) is 0 Å². The minimum Gasteiger partial charge on any atom is -0.106 e. The van der Waals surface area contributed by atoms with Gasteiger partial charge in [0.25, 0.3) is 0 Å². The summed E-state index contributed by atoms with van der Waals surface area (Å²) in [4.78, 5) is 0. The molecule has 0 aliphatic rings. The molecule has 0 N–H and O–H groups in total. The van der Waals surface area contributed by atoms with Crippen molar-refractivity contribution in [1.29, 1.82) is 0 Å². The van der Waals surface area contributed by atoms with Crippen molar-refractivity contribution in [2.75, 3.05) is 0 Å². The van der Waals surface area contributed by atoms with Crippen LogP contribution in [0.5, 0.6) is 0 Å². The highest BCUT2D eigenvalue weighted by Gasteiger charge is 1.15. The molecule has 0 unspecified atom stereocenters. The third-order valence-corrected chi connectivity index (χ3v) is 0. The minimum atomic E-state index is 1.75. The van der Waals surface area contributed by atoms with Crippen LogP contribution in [-0.2, 0) is 0 Å². The van der Waals surface area contributed by atoms with Crippen LogP contribution >= 0.6 is 0 Å². The maximum absolute atomic E-state index is 3.36. The maximum Gasteiger partial charge on any atom is -0.0473 e. The molecule has 0 aromatic rings. The van der Waals surface area contributed by atoms with Crippen molar-refractivity contribution in [1.82, 2.24) is 0 Å². The summed E-state index contributed by atoms with van der Waals surface area (Å²) >= 11 is 0. The summed E-state index contributed by atoms with van der Waals surface area (Å²) in [7, 11) is 0. The van der Waals surface area contributed by atoms with Crippen LogP contribution in [-0.4, -0.2) is 0 Å². The van der Waals surface area contributed by atoms with Crippen LogP contribution < -0.4 is 0 Å². The van der Waals surface area contributed by atoms with Gasteiger partial charge in [0.1, 0.15) is 0 Å². The van der Waals surface area contributed by atoms with E-state index in [-0.39, 0.29) is 0 Å². The van der Waals surface area contributed by atoms with Gasteiger partial charge < -0.3 is 0 Å².